The van der Waals surface area contributed by atoms with Crippen LogP contribution in [0.15, 0.2) is 18.3 Å². The Morgan fingerprint density at radius 3 is 3.14 bits per heavy atom. The normalized spacial score (nSPS) is 21.1. The van der Waals surface area contributed by atoms with Crippen LogP contribution in [0.3, 0.4) is 0 Å². The molecule has 0 spiro atoms. The molecule has 1 aromatic heterocycles. The van der Waals surface area contributed by atoms with Gasteiger partial charge in [-0.2, -0.15) is 0 Å². The summed E-state index contributed by atoms with van der Waals surface area (Å²) in [6.45, 7) is 1.43. The molecule has 1 aliphatic rings. The number of aromatic nitrogens is 1. The molecule has 1 fully saturated rings. The molecule has 2 rings (SSSR count). The Balaban J connectivity index is 1.82. The van der Waals surface area contributed by atoms with Crippen LogP contribution in [0.4, 0.5) is 0 Å². The van der Waals surface area contributed by atoms with Crippen LogP contribution in [0, 0.1) is 0 Å². The van der Waals surface area contributed by atoms with Gasteiger partial charge in [-0.25, -0.2) is 4.98 Å². The molecule has 76 valence electrons. The lowest BCUT2D eigenvalue weighted by molar-refractivity contribution is 0.0663. The van der Waals surface area contributed by atoms with E-state index in [2.05, 4.69) is 4.98 Å². The predicted molar refractivity (Wildman–Crippen MR) is 53.7 cm³/mol. The van der Waals surface area contributed by atoms with E-state index in [0.29, 0.717) is 17.5 Å². The fourth-order valence-electron chi connectivity index (χ4n) is 1.40. The first-order valence-electron chi connectivity index (χ1n) is 4.70. The lowest BCUT2D eigenvalue weighted by Gasteiger charge is -2.10. The highest BCUT2D eigenvalue weighted by Gasteiger charge is 2.15. The maximum atomic E-state index is 5.70. The van der Waals surface area contributed by atoms with Crippen LogP contribution in [-0.4, -0.2) is 24.3 Å². The van der Waals surface area contributed by atoms with Gasteiger partial charge in [-0.3, -0.25) is 0 Å². The van der Waals surface area contributed by atoms with Crippen molar-refractivity contribution in [3.05, 3.63) is 23.4 Å². The van der Waals surface area contributed by atoms with Crippen LogP contribution in [0.2, 0.25) is 5.02 Å². The van der Waals surface area contributed by atoms with E-state index in [1.54, 1.807) is 18.3 Å². The molecule has 0 N–H and O–H groups in total. The fourth-order valence-corrected chi connectivity index (χ4v) is 1.51. The Labute approximate surface area is 88.0 Å². The molecule has 14 heavy (non-hydrogen) atoms. The summed E-state index contributed by atoms with van der Waals surface area (Å²) in [7, 11) is 0. The van der Waals surface area contributed by atoms with Crippen molar-refractivity contribution in [1.29, 1.82) is 0 Å². The molecule has 2 heterocycles. The largest absolute Gasteiger partial charge is 0.475 e. The molecular formula is C10H12ClNO2. The molecule has 0 unspecified atom stereocenters. The first kappa shape index (κ1) is 9.74. The Hall–Kier alpha value is -0.800. The number of halogens is 1. The lowest BCUT2D eigenvalue weighted by atomic mass is 10.2. The van der Waals surface area contributed by atoms with Gasteiger partial charge in [-0.05, 0) is 18.9 Å². The van der Waals surface area contributed by atoms with Gasteiger partial charge in [0.25, 0.3) is 0 Å². The topological polar surface area (TPSA) is 31.4 Å². The third kappa shape index (κ3) is 2.59. The molecule has 1 atom stereocenters. The molecule has 1 aliphatic heterocycles. The van der Waals surface area contributed by atoms with Gasteiger partial charge in [0, 0.05) is 18.9 Å². The number of rotatable bonds is 3. The second-order valence-corrected chi connectivity index (χ2v) is 3.70. The van der Waals surface area contributed by atoms with Gasteiger partial charge in [0.05, 0.1) is 11.1 Å². The minimum atomic E-state index is 0.229. The van der Waals surface area contributed by atoms with Crippen molar-refractivity contribution in [3.63, 3.8) is 0 Å². The summed E-state index contributed by atoms with van der Waals surface area (Å²) in [4.78, 5) is 4.03. The summed E-state index contributed by atoms with van der Waals surface area (Å²) in [5, 5.41) is 0.620. The molecule has 0 radical (unpaired) electrons. The predicted octanol–water partition coefficient (Wildman–Crippen LogP) is 2.29. The van der Waals surface area contributed by atoms with Crippen molar-refractivity contribution in [2.24, 2.45) is 0 Å². The van der Waals surface area contributed by atoms with Crippen molar-refractivity contribution in [3.8, 4) is 5.88 Å². The maximum Gasteiger partial charge on any atom is 0.213 e. The van der Waals surface area contributed by atoms with E-state index >= 15 is 0 Å². The Bertz CT molecular complexity index is 283. The van der Waals surface area contributed by atoms with E-state index in [1.807, 2.05) is 0 Å². The van der Waals surface area contributed by atoms with Crippen molar-refractivity contribution in [2.75, 3.05) is 13.2 Å². The highest BCUT2D eigenvalue weighted by atomic mass is 35.5. The minimum absolute atomic E-state index is 0.229. The summed E-state index contributed by atoms with van der Waals surface area (Å²) in [6, 6.07) is 3.52. The highest BCUT2D eigenvalue weighted by molar-refractivity contribution is 6.30. The van der Waals surface area contributed by atoms with Crippen LogP contribution >= 0.6 is 11.6 Å². The number of hydrogen-bond acceptors (Lipinski definition) is 3. The Kier molecular flexibility index (Phi) is 3.22. The van der Waals surface area contributed by atoms with Crippen LogP contribution < -0.4 is 4.74 Å². The number of pyridine rings is 1. The zero-order valence-corrected chi connectivity index (χ0v) is 8.54. The summed E-state index contributed by atoms with van der Waals surface area (Å²) in [5.41, 5.74) is 0. The Morgan fingerprint density at radius 2 is 2.50 bits per heavy atom. The van der Waals surface area contributed by atoms with Gasteiger partial charge in [0.15, 0.2) is 0 Å². The molecule has 0 amide bonds. The van der Waals surface area contributed by atoms with E-state index in [0.717, 1.165) is 19.4 Å². The van der Waals surface area contributed by atoms with E-state index in [-0.39, 0.29) is 6.10 Å². The van der Waals surface area contributed by atoms with Crippen molar-refractivity contribution in [2.45, 2.75) is 18.9 Å². The first-order chi connectivity index (χ1) is 6.84. The summed E-state index contributed by atoms with van der Waals surface area (Å²) in [6.07, 6.45) is 4.01. The highest BCUT2D eigenvalue weighted by Crippen LogP contribution is 2.15. The van der Waals surface area contributed by atoms with Crippen LogP contribution in [0.5, 0.6) is 5.88 Å². The fraction of sp³-hybridized carbons (Fsp3) is 0.500. The molecule has 3 nitrogen and oxygen atoms in total. The second-order valence-electron chi connectivity index (χ2n) is 3.26. The quantitative estimate of drug-likeness (QED) is 0.772. The molecule has 1 aromatic rings. The summed E-state index contributed by atoms with van der Waals surface area (Å²) in [5.74, 6) is 0.602. The standard InChI is InChI=1S/C10H12ClNO2/c11-8-3-4-10(12-6-8)14-7-9-2-1-5-13-9/h3-4,6,9H,1-2,5,7H2/t9-/m1/s1. The molecule has 0 aliphatic carbocycles. The number of ether oxygens (including phenoxy) is 2. The third-order valence-corrected chi connectivity index (χ3v) is 2.36. The smallest absolute Gasteiger partial charge is 0.213 e. The van der Waals surface area contributed by atoms with Gasteiger partial charge < -0.3 is 9.47 Å². The molecule has 4 heteroatoms. The summed E-state index contributed by atoms with van der Waals surface area (Å²) < 4.78 is 10.9. The molecular weight excluding hydrogens is 202 g/mol. The van der Waals surface area contributed by atoms with Gasteiger partial charge in [0.2, 0.25) is 5.88 Å². The molecule has 0 saturated carbocycles. The minimum Gasteiger partial charge on any atom is -0.475 e. The van der Waals surface area contributed by atoms with Gasteiger partial charge in [-0.15, -0.1) is 0 Å². The SMILES string of the molecule is Clc1ccc(OC[C@H]2CCCO2)nc1. The van der Waals surface area contributed by atoms with Crippen molar-refractivity contribution < 1.29 is 9.47 Å². The molecule has 1 saturated heterocycles. The van der Waals surface area contributed by atoms with E-state index < -0.39 is 0 Å². The molecule has 0 bridgehead atoms. The zero-order chi connectivity index (χ0) is 9.80. The number of nitrogens with zero attached hydrogens (tertiary/aromatic N) is 1. The average molecular weight is 214 g/mol. The van der Waals surface area contributed by atoms with Crippen LogP contribution in [0.25, 0.3) is 0 Å². The first-order valence-corrected chi connectivity index (χ1v) is 5.08. The Morgan fingerprint density at radius 1 is 1.57 bits per heavy atom. The van der Waals surface area contributed by atoms with Crippen molar-refractivity contribution >= 4 is 11.6 Å². The molecule has 0 aromatic carbocycles. The third-order valence-electron chi connectivity index (χ3n) is 2.14. The van der Waals surface area contributed by atoms with E-state index in [1.165, 1.54) is 0 Å². The average Bonchev–Trinajstić information content (AvgIpc) is 2.70. The number of hydrogen-bond donors (Lipinski definition) is 0. The lowest BCUT2D eigenvalue weighted by Crippen LogP contribution is -2.16. The maximum absolute atomic E-state index is 5.70. The van der Waals surface area contributed by atoms with Gasteiger partial charge in [0.1, 0.15) is 6.61 Å². The monoisotopic (exact) mass is 213 g/mol. The van der Waals surface area contributed by atoms with E-state index in [4.69, 9.17) is 21.1 Å². The second kappa shape index (κ2) is 4.62. The summed E-state index contributed by atoms with van der Waals surface area (Å²) >= 11 is 5.70. The van der Waals surface area contributed by atoms with Crippen LogP contribution in [0.1, 0.15) is 12.8 Å². The van der Waals surface area contributed by atoms with Crippen LogP contribution in [-0.2, 0) is 4.74 Å². The van der Waals surface area contributed by atoms with E-state index in [9.17, 15) is 0 Å². The zero-order valence-electron chi connectivity index (χ0n) is 7.78. The van der Waals surface area contributed by atoms with Gasteiger partial charge in [-0.1, -0.05) is 11.6 Å². The van der Waals surface area contributed by atoms with Crippen molar-refractivity contribution in [1.82, 2.24) is 4.98 Å². The van der Waals surface area contributed by atoms with Gasteiger partial charge >= 0.3 is 0 Å².